The largest absolute Gasteiger partial charge is 0.0654 e. The molecule has 0 saturated heterocycles. The summed E-state index contributed by atoms with van der Waals surface area (Å²) in [7, 11) is 0. The normalized spacial score (nSPS) is 18.1. The van der Waals surface area contributed by atoms with Gasteiger partial charge in [-0.05, 0) is 49.4 Å². The Kier molecular flexibility index (Phi) is 28.1. The molecule has 1 rings (SSSR count). The highest BCUT2D eigenvalue weighted by Gasteiger charge is 2.52. The fourth-order valence-electron chi connectivity index (χ4n) is 9.14. The Morgan fingerprint density at radius 1 is 0.256 bits per heavy atom. The third kappa shape index (κ3) is 19.3. The van der Waals surface area contributed by atoms with Gasteiger partial charge in [-0.15, -0.1) is 0 Å². The molecular formula is C43H86. The van der Waals surface area contributed by atoms with E-state index in [0.717, 1.165) is 0 Å². The molecule has 0 aromatic carbocycles. The Morgan fingerprint density at radius 2 is 0.442 bits per heavy atom. The van der Waals surface area contributed by atoms with Crippen LogP contribution in [0.1, 0.15) is 265 Å². The van der Waals surface area contributed by atoms with Crippen LogP contribution in [0, 0.1) is 10.8 Å². The fourth-order valence-corrected chi connectivity index (χ4v) is 9.14. The van der Waals surface area contributed by atoms with Crippen molar-refractivity contribution in [2.75, 3.05) is 0 Å². The molecular weight excluding hydrogens is 516 g/mol. The van der Waals surface area contributed by atoms with Crippen LogP contribution in [0.4, 0.5) is 0 Å². The van der Waals surface area contributed by atoms with Crippen molar-refractivity contribution < 1.29 is 0 Å². The van der Waals surface area contributed by atoms with Gasteiger partial charge >= 0.3 is 0 Å². The fraction of sp³-hybridized carbons (Fsp3) is 1.00. The lowest BCUT2D eigenvalue weighted by atomic mass is 9.57. The molecule has 0 aromatic rings. The molecule has 0 radical (unpaired) electrons. The van der Waals surface area contributed by atoms with Gasteiger partial charge < -0.3 is 0 Å². The molecule has 1 saturated carbocycles. The van der Waals surface area contributed by atoms with Gasteiger partial charge in [-0.3, -0.25) is 0 Å². The first kappa shape index (κ1) is 41.0. The molecule has 1 aliphatic carbocycles. The average molecular weight is 603 g/mol. The second-order valence-electron chi connectivity index (χ2n) is 15.6. The highest BCUT2D eigenvalue weighted by Crippen LogP contribution is 2.63. The Morgan fingerprint density at radius 3 is 0.651 bits per heavy atom. The molecule has 0 N–H and O–H groups in total. The first-order chi connectivity index (χ1) is 21.2. The van der Waals surface area contributed by atoms with E-state index in [2.05, 4.69) is 27.7 Å². The van der Waals surface area contributed by atoms with Gasteiger partial charge in [0.15, 0.2) is 0 Å². The Bertz CT molecular complexity index is 528. The predicted molar refractivity (Wildman–Crippen MR) is 198 cm³/mol. The van der Waals surface area contributed by atoms with Crippen LogP contribution in [-0.4, -0.2) is 0 Å². The van der Waals surface area contributed by atoms with Crippen molar-refractivity contribution in [1.82, 2.24) is 0 Å². The molecule has 0 heterocycles. The lowest BCUT2D eigenvalue weighted by molar-refractivity contribution is 0.0208. The molecule has 1 fully saturated rings. The van der Waals surface area contributed by atoms with Crippen LogP contribution in [-0.2, 0) is 0 Å². The summed E-state index contributed by atoms with van der Waals surface area (Å²) in [6.07, 6.45) is 55.2. The summed E-state index contributed by atoms with van der Waals surface area (Å²) in [5.41, 5.74) is 1.37. The SMILES string of the molecule is CCCCCCCCCCC1(CCCCCCCC)CCCC1(CCCCCCCCCC)CCCCCCCCCC. The summed E-state index contributed by atoms with van der Waals surface area (Å²) in [6, 6.07) is 0. The second kappa shape index (κ2) is 29.4. The molecule has 0 nitrogen and oxygen atoms in total. The topological polar surface area (TPSA) is 0 Å². The van der Waals surface area contributed by atoms with E-state index in [1.54, 1.807) is 44.9 Å². The summed E-state index contributed by atoms with van der Waals surface area (Å²) in [5.74, 6) is 0. The van der Waals surface area contributed by atoms with Gasteiger partial charge in [0.25, 0.3) is 0 Å². The summed E-state index contributed by atoms with van der Waals surface area (Å²) >= 11 is 0. The Hall–Kier alpha value is 0. The maximum absolute atomic E-state index is 2.36. The molecule has 0 aliphatic heterocycles. The van der Waals surface area contributed by atoms with Crippen molar-refractivity contribution in [3.8, 4) is 0 Å². The molecule has 1 atom stereocenters. The van der Waals surface area contributed by atoms with Gasteiger partial charge in [0.2, 0.25) is 0 Å². The summed E-state index contributed by atoms with van der Waals surface area (Å²) in [6.45, 7) is 9.40. The van der Waals surface area contributed by atoms with E-state index in [-0.39, 0.29) is 0 Å². The predicted octanol–water partition coefficient (Wildman–Crippen LogP) is 16.5. The van der Waals surface area contributed by atoms with E-state index in [4.69, 9.17) is 0 Å². The van der Waals surface area contributed by atoms with Gasteiger partial charge in [-0.1, -0.05) is 227 Å². The summed E-state index contributed by atoms with van der Waals surface area (Å²) < 4.78 is 0. The molecule has 43 heavy (non-hydrogen) atoms. The van der Waals surface area contributed by atoms with E-state index >= 15 is 0 Å². The lowest BCUT2D eigenvalue weighted by Gasteiger charge is -2.48. The van der Waals surface area contributed by atoms with Crippen LogP contribution in [0.25, 0.3) is 0 Å². The molecule has 1 aliphatic rings. The zero-order valence-corrected chi connectivity index (χ0v) is 31.2. The zero-order chi connectivity index (χ0) is 31.2. The van der Waals surface area contributed by atoms with Gasteiger partial charge in [0, 0.05) is 0 Å². The third-order valence-corrected chi connectivity index (χ3v) is 12.0. The molecule has 0 aromatic heterocycles. The van der Waals surface area contributed by atoms with E-state index in [9.17, 15) is 0 Å². The van der Waals surface area contributed by atoms with Crippen LogP contribution in [0.15, 0.2) is 0 Å². The molecule has 1 unspecified atom stereocenters. The van der Waals surface area contributed by atoms with E-state index in [1.165, 1.54) is 193 Å². The van der Waals surface area contributed by atoms with Gasteiger partial charge in [0.05, 0.1) is 0 Å². The first-order valence-corrected chi connectivity index (χ1v) is 21.2. The Labute approximate surface area is 275 Å². The maximum atomic E-state index is 2.36. The van der Waals surface area contributed by atoms with Gasteiger partial charge in [-0.25, -0.2) is 0 Å². The molecule has 258 valence electrons. The van der Waals surface area contributed by atoms with Crippen molar-refractivity contribution in [2.24, 2.45) is 10.8 Å². The monoisotopic (exact) mass is 603 g/mol. The first-order valence-electron chi connectivity index (χ1n) is 21.2. The minimum atomic E-state index is 0.683. The van der Waals surface area contributed by atoms with Crippen LogP contribution in [0.5, 0.6) is 0 Å². The van der Waals surface area contributed by atoms with Crippen molar-refractivity contribution in [2.45, 2.75) is 265 Å². The summed E-state index contributed by atoms with van der Waals surface area (Å²) in [5, 5.41) is 0. The number of hydrogen-bond donors (Lipinski definition) is 0. The van der Waals surface area contributed by atoms with E-state index in [1.807, 2.05) is 0 Å². The highest BCUT2D eigenvalue weighted by molar-refractivity contribution is 5.02. The van der Waals surface area contributed by atoms with Crippen LogP contribution >= 0.6 is 0 Å². The quantitative estimate of drug-likeness (QED) is 0.0643. The number of rotatable bonds is 34. The molecule has 0 amide bonds. The van der Waals surface area contributed by atoms with Crippen LogP contribution in [0.3, 0.4) is 0 Å². The molecule has 0 spiro atoms. The summed E-state index contributed by atoms with van der Waals surface area (Å²) in [4.78, 5) is 0. The maximum Gasteiger partial charge on any atom is -0.0241 e. The van der Waals surface area contributed by atoms with Gasteiger partial charge in [-0.2, -0.15) is 0 Å². The molecule has 0 bridgehead atoms. The smallest absolute Gasteiger partial charge is 0.0241 e. The minimum Gasteiger partial charge on any atom is -0.0654 e. The Balaban J connectivity index is 2.81. The van der Waals surface area contributed by atoms with Crippen molar-refractivity contribution >= 4 is 0 Å². The second-order valence-corrected chi connectivity index (χ2v) is 15.6. The van der Waals surface area contributed by atoms with Crippen LogP contribution < -0.4 is 0 Å². The average Bonchev–Trinajstić information content (AvgIpc) is 3.36. The third-order valence-electron chi connectivity index (χ3n) is 12.0. The van der Waals surface area contributed by atoms with Crippen molar-refractivity contribution in [1.29, 1.82) is 0 Å². The van der Waals surface area contributed by atoms with Gasteiger partial charge in [0.1, 0.15) is 0 Å². The van der Waals surface area contributed by atoms with Crippen molar-refractivity contribution in [3.05, 3.63) is 0 Å². The highest BCUT2D eigenvalue weighted by atomic mass is 14.6. The van der Waals surface area contributed by atoms with E-state index in [0.29, 0.717) is 10.8 Å². The van der Waals surface area contributed by atoms with Crippen molar-refractivity contribution in [3.63, 3.8) is 0 Å². The van der Waals surface area contributed by atoms with E-state index < -0.39 is 0 Å². The lowest BCUT2D eigenvalue weighted by Crippen LogP contribution is -2.38. The minimum absolute atomic E-state index is 0.683. The van der Waals surface area contributed by atoms with Crippen LogP contribution in [0.2, 0.25) is 0 Å². The molecule has 0 heteroatoms. The zero-order valence-electron chi connectivity index (χ0n) is 31.2. The number of unbranched alkanes of at least 4 members (excludes halogenated alkanes) is 26. The number of hydrogen-bond acceptors (Lipinski definition) is 0. The standard InChI is InChI=1S/C43H86/c1-5-9-13-17-21-24-28-32-37-42(36-31-27-20-16-12-8-4)40-35-41-43(42,38-33-29-25-22-18-14-10-6-2)39-34-30-26-23-19-15-11-7-3/h5-41H2,1-4H3.